The van der Waals surface area contributed by atoms with E-state index in [9.17, 15) is 9.59 Å². The van der Waals surface area contributed by atoms with Gasteiger partial charge in [-0.1, -0.05) is 6.07 Å². The van der Waals surface area contributed by atoms with Crippen molar-refractivity contribution in [3.05, 3.63) is 60.3 Å². The fourth-order valence-corrected chi connectivity index (χ4v) is 3.00. The zero-order chi connectivity index (χ0) is 17.2. The lowest BCUT2D eigenvalue weighted by molar-refractivity contribution is 0.0519. The Morgan fingerprint density at radius 1 is 0.880 bits per heavy atom. The first-order valence-electron chi connectivity index (χ1n) is 8.06. The van der Waals surface area contributed by atoms with Crippen LogP contribution in [0.5, 0.6) is 0 Å². The normalized spacial score (nSPS) is 14.7. The number of benzene rings is 1. The summed E-state index contributed by atoms with van der Waals surface area (Å²) in [7, 11) is 0. The van der Waals surface area contributed by atoms with Gasteiger partial charge in [0.05, 0.1) is 17.3 Å². The van der Waals surface area contributed by atoms with Gasteiger partial charge in [-0.15, -0.1) is 0 Å². The van der Waals surface area contributed by atoms with Crippen molar-refractivity contribution in [2.75, 3.05) is 26.2 Å². The number of aromatic nitrogens is 2. The number of hydrogen-bond acceptors (Lipinski definition) is 5. The Bertz CT molecular complexity index is 910. The average Bonchev–Trinajstić information content (AvgIpc) is 3.21. The molecule has 0 aliphatic carbocycles. The van der Waals surface area contributed by atoms with Gasteiger partial charge in [0.15, 0.2) is 5.76 Å². The van der Waals surface area contributed by atoms with Crippen LogP contribution in [-0.4, -0.2) is 57.8 Å². The molecule has 1 aliphatic rings. The van der Waals surface area contributed by atoms with Crippen molar-refractivity contribution in [3.8, 4) is 0 Å². The molecule has 0 bridgehead atoms. The molecule has 3 heterocycles. The van der Waals surface area contributed by atoms with Gasteiger partial charge in [-0.2, -0.15) is 0 Å². The molecule has 0 radical (unpaired) electrons. The summed E-state index contributed by atoms with van der Waals surface area (Å²) in [4.78, 5) is 37.1. The highest BCUT2D eigenvalue weighted by Gasteiger charge is 2.27. The van der Waals surface area contributed by atoms with Crippen LogP contribution in [0, 0.1) is 0 Å². The molecule has 1 saturated heterocycles. The van der Waals surface area contributed by atoms with E-state index in [1.807, 2.05) is 6.07 Å². The molecule has 1 aliphatic heterocycles. The van der Waals surface area contributed by atoms with E-state index in [-0.39, 0.29) is 11.8 Å². The maximum absolute atomic E-state index is 12.9. The molecule has 25 heavy (non-hydrogen) atoms. The van der Waals surface area contributed by atoms with E-state index in [1.165, 1.54) is 6.26 Å². The van der Waals surface area contributed by atoms with Crippen LogP contribution in [0.2, 0.25) is 0 Å². The Morgan fingerprint density at radius 2 is 1.60 bits per heavy atom. The number of para-hydroxylation sites is 1. The number of nitrogens with zero attached hydrogens (tertiary/aromatic N) is 4. The predicted molar refractivity (Wildman–Crippen MR) is 90.1 cm³/mol. The van der Waals surface area contributed by atoms with Gasteiger partial charge in [-0.3, -0.25) is 19.6 Å². The van der Waals surface area contributed by atoms with Gasteiger partial charge in [0.2, 0.25) is 0 Å². The number of carbonyl (C=O) groups is 2. The zero-order valence-electron chi connectivity index (χ0n) is 13.5. The van der Waals surface area contributed by atoms with Gasteiger partial charge >= 0.3 is 0 Å². The van der Waals surface area contributed by atoms with E-state index < -0.39 is 0 Å². The van der Waals surface area contributed by atoms with Crippen molar-refractivity contribution in [2.45, 2.75) is 0 Å². The second-order valence-electron chi connectivity index (χ2n) is 5.79. The third-order valence-corrected chi connectivity index (χ3v) is 4.32. The van der Waals surface area contributed by atoms with E-state index >= 15 is 0 Å². The van der Waals surface area contributed by atoms with Crippen molar-refractivity contribution in [1.29, 1.82) is 0 Å². The van der Waals surface area contributed by atoms with Crippen LogP contribution in [-0.2, 0) is 0 Å². The number of hydrogen-bond donors (Lipinski definition) is 0. The molecule has 0 unspecified atom stereocenters. The highest BCUT2D eigenvalue weighted by molar-refractivity contribution is 6.04. The van der Waals surface area contributed by atoms with Gasteiger partial charge in [-0.05, 0) is 24.3 Å². The van der Waals surface area contributed by atoms with Gasteiger partial charge in [0, 0.05) is 38.6 Å². The molecule has 3 aromatic rings. The van der Waals surface area contributed by atoms with Gasteiger partial charge < -0.3 is 14.2 Å². The number of piperazine rings is 1. The monoisotopic (exact) mass is 336 g/mol. The minimum Gasteiger partial charge on any atom is -0.459 e. The lowest BCUT2D eigenvalue weighted by Crippen LogP contribution is -2.50. The van der Waals surface area contributed by atoms with Gasteiger partial charge in [-0.25, -0.2) is 0 Å². The van der Waals surface area contributed by atoms with E-state index in [0.717, 1.165) is 0 Å². The highest BCUT2D eigenvalue weighted by Crippen LogP contribution is 2.17. The number of rotatable bonds is 2. The molecular formula is C18H16N4O3. The summed E-state index contributed by atoms with van der Waals surface area (Å²) in [6.45, 7) is 1.90. The molecule has 0 saturated carbocycles. The first-order chi connectivity index (χ1) is 12.2. The summed E-state index contributed by atoms with van der Waals surface area (Å²) in [6.07, 6.45) is 4.67. The van der Waals surface area contributed by atoms with Crippen molar-refractivity contribution >= 4 is 22.8 Å². The average molecular weight is 336 g/mol. The fourth-order valence-electron chi connectivity index (χ4n) is 3.00. The van der Waals surface area contributed by atoms with Crippen LogP contribution in [0.4, 0.5) is 0 Å². The predicted octanol–water partition coefficient (Wildman–Crippen LogP) is 1.82. The maximum Gasteiger partial charge on any atom is 0.289 e. The molecule has 7 heteroatoms. The molecule has 2 amide bonds. The first-order valence-corrected chi connectivity index (χ1v) is 8.06. The van der Waals surface area contributed by atoms with Crippen LogP contribution >= 0.6 is 0 Å². The number of amides is 2. The van der Waals surface area contributed by atoms with Crippen LogP contribution in [0.1, 0.15) is 20.9 Å². The number of carbonyl (C=O) groups excluding carboxylic acids is 2. The molecule has 4 rings (SSSR count). The Morgan fingerprint density at radius 3 is 2.32 bits per heavy atom. The van der Waals surface area contributed by atoms with Crippen LogP contribution in [0.25, 0.3) is 11.0 Å². The molecule has 126 valence electrons. The van der Waals surface area contributed by atoms with E-state index in [2.05, 4.69) is 9.97 Å². The molecule has 1 aromatic carbocycles. The van der Waals surface area contributed by atoms with Gasteiger partial charge in [0.1, 0.15) is 5.52 Å². The lowest BCUT2D eigenvalue weighted by Gasteiger charge is -2.34. The van der Waals surface area contributed by atoms with Crippen molar-refractivity contribution < 1.29 is 14.0 Å². The lowest BCUT2D eigenvalue weighted by atomic mass is 10.1. The maximum atomic E-state index is 12.9. The topological polar surface area (TPSA) is 79.5 Å². The summed E-state index contributed by atoms with van der Waals surface area (Å²) in [6, 6.07) is 8.74. The standard InChI is InChI=1S/C18H16N4O3/c23-17(13-3-1-4-14-16(13)20-7-6-19-14)21-8-10-22(11-9-21)18(24)15-5-2-12-25-15/h1-7,12H,8-11H2. The second kappa shape index (κ2) is 6.35. The summed E-state index contributed by atoms with van der Waals surface area (Å²) in [5, 5.41) is 0. The highest BCUT2D eigenvalue weighted by atomic mass is 16.3. The van der Waals surface area contributed by atoms with Crippen molar-refractivity contribution in [2.24, 2.45) is 0 Å². The third kappa shape index (κ3) is 2.84. The fraction of sp³-hybridized carbons (Fsp3) is 0.222. The van der Waals surface area contributed by atoms with E-state index in [4.69, 9.17) is 4.42 Å². The Kier molecular flexibility index (Phi) is 3.89. The van der Waals surface area contributed by atoms with Crippen LogP contribution in [0.15, 0.2) is 53.4 Å². The number of fused-ring (bicyclic) bond motifs is 1. The zero-order valence-corrected chi connectivity index (χ0v) is 13.5. The summed E-state index contributed by atoms with van der Waals surface area (Å²) >= 11 is 0. The van der Waals surface area contributed by atoms with E-state index in [0.29, 0.717) is 48.5 Å². The largest absolute Gasteiger partial charge is 0.459 e. The summed E-state index contributed by atoms with van der Waals surface area (Å²) < 4.78 is 5.15. The Hall–Kier alpha value is -3.22. The van der Waals surface area contributed by atoms with Crippen LogP contribution in [0.3, 0.4) is 0 Å². The molecule has 1 fully saturated rings. The molecule has 7 nitrogen and oxygen atoms in total. The SMILES string of the molecule is O=C(c1ccco1)N1CCN(C(=O)c2cccc3nccnc23)CC1. The van der Waals surface area contributed by atoms with Crippen molar-refractivity contribution in [3.63, 3.8) is 0 Å². The van der Waals surface area contributed by atoms with Crippen molar-refractivity contribution in [1.82, 2.24) is 19.8 Å². The molecule has 2 aromatic heterocycles. The molecule has 0 atom stereocenters. The summed E-state index contributed by atoms with van der Waals surface area (Å²) in [5.41, 5.74) is 1.83. The number of furan rings is 1. The second-order valence-corrected chi connectivity index (χ2v) is 5.79. The minimum absolute atomic E-state index is 0.0869. The molecule has 0 spiro atoms. The van der Waals surface area contributed by atoms with Gasteiger partial charge in [0.25, 0.3) is 11.8 Å². The Balaban J connectivity index is 1.49. The Labute approximate surface area is 143 Å². The molecule has 0 N–H and O–H groups in total. The molecular weight excluding hydrogens is 320 g/mol. The van der Waals surface area contributed by atoms with E-state index in [1.54, 1.807) is 46.5 Å². The first kappa shape index (κ1) is 15.3. The quantitative estimate of drug-likeness (QED) is 0.713. The summed E-state index contributed by atoms with van der Waals surface area (Å²) in [5.74, 6) is 0.0911. The van der Waals surface area contributed by atoms with Crippen LogP contribution < -0.4 is 0 Å². The third-order valence-electron chi connectivity index (χ3n) is 4.32. The smallest absolute Gasteiger partial charge is 0.289 e. The minimum atomic E-state index is -0.145.